The normalized spacial score (nSPS) is 14.8. The molecule has 3 aromatic carbocycles. The second kappa shape index (κ2) is 16.5. The molecule has 0 bridgehead atoms. The largest absolute Gasteiger partial charge is 0.512 e. The number of aromatic nitrogens is 1. The van der Waals surface area contributed by atoms with Crippen LogP contribution >= 0.6 is 11.3 Å². The van der Waals surface area contributed by atoms with Crippen LogP contribution in [0.25, 0.3) is 53.7 Å². The van der Waals surface area contributed by atoms with Gasteiger partial charge in [0.2, 0.25) is 0 Å². The van der Waals surface area contributed by atoms with E-state index < -0.39 is 0 Å². The van der Waals surface area contributed by atoms with E-state index in [9.17, 15) is 9.90 Å². The van der Waals surface area contributed by atoms with Gasteiger partial charge in [0.25, 0.3) is 0 Å². The number of hydrogen-bond acceptors (Lipinski definition) is 5. The number of hydrogen-bond donors (Lipinski definition) is 1. The van der Waals surface area contributed by atoms with Crippen LogP contribution in [0.4, 0.5) is 0 Å². The van der Waals surface area contributed by atoms with Gasteiger partial charge in [0, 0.05) is 59.9 Å². The minimum absolute atomic E-state index is 0. The molecule has 0 unspecified atom stereocenters. The van der Waals surface area contributed by atoms with Gasteiger partial charge in [-0.15, -0.1) is 23.3 Å². The van der Waals surface area contributed by atoms with E-state index in [1.165, 1.54) is 42.9 Å². The second-order valence-electron chi connectivity index (χ2n) is 17.4. The molecule has 293 valence electrons. The molecule has 0 amide bonds. The van der Waals surface area contributed by atoms with Crippen molar-refractivity contribution in [2.24, 2.45) is 17.3 Å². The molecule has 3 aromatic heterocycles. The fourth-order valence-corrected chi connectivity index (χ4v) is 9.51. The monoisotopic (exact) mass is 933 g/mol. The van der Waals surface area contributed by atoms with Gasteiger partial charge in [0.1, 0.15) is 11.3 Å². The summed E-state index contributed by atoms with van der Waals surface area (Å²) in [6.45, 7) is 24.5. The average molecular weight is 933 g/mol. The number of carbonyl (C=O) groups is 1. The Morgan fingerprint density at radius 3 is 2.20 bits per heavy atom. The number of pyridine rings is 1. The van der Waals surface area contributed by atoms with Crippen molar-refractivity contribution < 1.29 is 34.4 Å². The summed E-state index contributed by atoms with van der Waals surface area (Å²) < 4.78 is 9.15. The molecule has 55 heavy (non-hydrogen) atoms. The summed E-state index contributed by atoms with van der Waals surface area (Å²) in [5.41, 5.74) is 8.01. The first kappa shape index (κ1) is 42.6. The van der Waals surface area contributed by atoms with E-state index in [4.69, 9.17) is 9.40 Å². The summed E-state index contributed by atoms with van der Waals surface area (Å²) in [5.74, 6) is 1.46. The van der Waals surface area contributed by atoms with Gasteiger partial charge in [0.15, 0.2) is 5.78 Å². The Morgan fingerprint density at radius 1 is 0.891 bits per heavy atom. The third-order valence-electron chi connectivity index (χ3n) is 12.1. The molecule has 0 fully saturated rings. The molecule has 4 nitrogen and oxygen atoms in total. The Balaban J connectivity index is 0.000000311. The summed E-state index contributed by atoms with van der Waals surface area (Å²) in [7, 11) is 0. The van der Waals surface area contributed by atoms with E-state index in [2.05, 4.69) is 115 Å². The van der Waals surface area contributed by atoms with Crippen LogP contribution < -0.4 is 0 Å². The third-order valence-corrected chi connectivity index (χ3v) is 13.3. The molecule has 6 aromatic rings. The minimum atomic E-state index is -0.208. The molecule has 1 aliphatic rings. The zero-order valence-corrected chi connectivity index (χ0v) is 37.8. The van der Waals surface area contributed by atoms with Gasteiger partial charge in [-0.05, 0) is 106 Å². The predicted octanol–water partition coefficient (Wildman–Crippen LogP) is 14.4. The van der Waals surface area contributed by atoms with Gasteiger partial charge < -0.3 is 14.5 Å². The quantitative estimate of drug-likeness (QED) is 0.0891. The van der Waals surface area contributed by atoms with Crippen LogP contribution in [0.3, 0.4) is 0 Å². The van der Waals surface area contributed by atoms with Gasteiger partial charge >= 0.3 is 0 Å². The van der Waals surface area contributed by atoms with E-state index in [0.29, 0.717) is 0 Å². The Kier molecular flexibility index (Phi) is 12.8. The molecular formula is C49H58IrNO3S-. The van der Waals surface area contributed by atoms with Crippen molar-refractivity contribution in [1.82, 2.24) is 4.98 Å². The molecule has 1 N–H and O–H groups in total. The number of aliphatic hydroxyl groups excluding tert-OH is 1. The number of furan rings is 1. The maximum Gasteiger partial charge on any atom is 0.162 e. The molecule has 0 spiro atoms. The first-order valence-electron chi connectivity index (χ1n) is 19.9. The Labute approximate surface area is 346 Å². The molecule has 7 rings (SSSR count). The van der Waals surface area contributed by atoms with Crippen LogP contribution in [0, 0.1) is 23.3 Å². The summed E-state index contributed by atoms with van der Waals surface area (Å²) >= 11 is 1.86. The van der Waals surface area contributed by atoms with Gasteiger partial charge in [-0.2, -0.15) is 11.3 Å². The molecule has 3 heterocycles. The topological polar surface area (TPSA) is 63.3 Å². The maximum atomic E-state index is 11.7. The number of nitrogens with zero attached hydrogens (tertiary/aromatic N) is 1. The van der Waals surface area contributed by atoms with Gasteiger partial charge in [-0.25, -0.2) is 0 Å². The van der Waals surface area contributed by atoms with Crippen LogP contribution in [0.15, 0.2) is 83.1 Å². The number of ketones is 1. The van der Waals surface area contributed by atoms with Crippen LogP contribution in [-0.2, 0) is 42.2 Å². The van der Waals surface area contributed by atoms with E-state index in [0.717, 1.165) is 65.7 Å². The van der Waals surface area contributed by atoms with Crippen molar-refractivity contribution in [2.75, 3.05) is 0 Å². The van der Waals surface area contributed by atoms with Crippen molar-refractivity contribution in [2.45, 2.75) is 119 Å². The summed E-state index contributed by atoms with van der Waals surface area (Å²) in [5, 5.41) is 13.6. The number of aliphatic hydroxyl groups is 1. The standard InChI is InChI=1S/C36H34NOS.C13H24O2.Ir/c1-34(2,3)20-21-12-14-26-22(18-21)19-27(38-26)23-16-17-37-33-25-13-15-29-30(24-10-8-9-11-28(24)39-29)31(25)35(4,5)36(6,7)32(23)33;1-5-10(6-2)12(14)9-13(15)11(7-3)8-4;/h8-12,14-19H,20H2,1-7H3;9-11,14H,5-8H2,1-4H3;/q-1;;/b;12-9-;. The molecule has 0 saturated heterocycles. The Morgan fingerprint density at radius 2 is 1.55 bits per heavy atom. The molecule has 0 aliphatic heterocycles. The van der Waals surface area contributed by atoms with Gasteiger partial charge in [-0.1, -0.05) is 106 Å². The molecule has 0 saturated carbocycles. The number of thiophene rings is 1. The van der Waals surface area contributed by atoms with E-state index >= 15 is 0 Å². The average Bonchev–Trinajstić information content (AvgIpc) is 3.72. The second-order valence-corrected chi connectivity index (χ2v) is 18.5. The van der Waals surface area contributed by atoms with E-state index in [-0.39, 0.29) is 59.7 Å². The van der Waals surface area contributed by atoms with Crippen LogP contribution in [0.5, 0.6) is 0 Å². The number of carbonyl (C=O) groups excluding carboxylic acids is 1. The number of benzene rings is 3. The Bertz CT molecular complexity index is 2340. The molecule has 1 aliphatic carbocycles. The van der Waals surface area contributed by atoms with Gasteiger partial charge in [-0.3, -0.25) is 4.79 Å². The summed E-state index contributed by atoms with van der Waals surface area (Å²) in [6.07, 6.45) is 7.88. The van der Waals surface area contributed by atoms with Crippen molar-refractivity contribution >= 4 is 48.3 Å². The number of fused-ring (bicyclic) bond motifs is 8. The third kappa shape index (κ3) is 8.02. The van der Waals surface area contributed by atoms with Gasteiger partial charge in [0.05, 0.1) is 5.76 Å². The molecular weight excluding hydrogens is 875 g/mol. The van der Waals surface area contributed by atoms with Crippen molar-refractivity contribution in [3.63, 3.8) is 0 Å². The maximum absolute atomic E-state index is 11.7. The minimum Gasteiger partial charge on any atom is -0.512 e. The van der Waals surface area contributed by atoms with Crippen molar-refractivity contribution in [1.29, 1.82) is 0 Å². The van der Waals surface area contributed by atoms with Crippen LogP contribution in [0.2, 0.25) is 0 Å². The fraction of sp³-hybridized carbons (Fsp3) is 0.429. The van der Waals surface area contributed by atoms with Crippen molar-refractivity contribution in [3.05, 3.63) is 101 Å². The first-order valence-corrected chi connectivity index (χ1v) is 20.7. The predicted molar refractivity (Wildman–Crippen MR) is 230 cm³/mol. The van der Waals surface area contributed by atoms with E-state index in [1.807, 2.05) is 45.2 Å². The summed E-state index contributed by atoms with van der Waals surface area (Å²) in [4.78, 5) is 16.7. The van der Waals surface area contributed by atoms with Crippen molar-refractivity contribution in [3.8, 4) is 22.6 Å². The summed E-state index contributed by atoms with van der Waals surface area (Å²) in [6, 6.07) is 25.6. The smallest absolute Gasteiger partial charge is 0.162 e. The SMILES string of the molecule is CC(C)(C)Cc1ccc2oc(-c3ccnc4c3C(C)(C)C(C)(C)c3c-4[c-]cc4sc5ccccc5c34)cc2c1.CCC(CC)C(=O)/C=C(\O)C(CC)CC.[Ir]. The Hall–Kier alpha value is -3.57. The molecule has 6 heteroatoms. The number of allylic oxidation sites excluding steroid dienone is 2. The zero-order valence-electron chi connectivity index (χ0n) is 34.6. The fourth-order valence-electron chi connectivity index (χ4n) is 8.41. The zero-order chi connectivity index (χ0) is 39.2. The molecule has 0 atom stereocenters. The van der Waals surface area contributed by atoms with E-state index in [1.54, 1.807) is 0 Å². The van der Waals surface area contributed by atoms with Crippen LogP contribution in [0.1, 0.15) is 119 Å². The number of rotatable bonds is 9. The first-order chi connectivity index (χ1) is 25.6. The van der Waals surface area contributed by atoms with Crippen LogP contribution in [-0.4, -0.2) is 15.9 Å². The molecule has 1 radical (unpaired) electrons.